The molecular formula is C22H23FN2O4. The number of hydrogen-bond donors (Lipinski definition) is 2. The lowest BCUT2D eigenvalue weighted by Crippen LogP contribution is -2.26. The van der Waals surface area contributed by atoms with Crippen LogP contribution in [0.4, 0.5) is 4.39 Å². The number of carbonyl (C=O) groups is 1. The van der Waals surface area contributed by atoms with Crippen molar-refractivity contribution in [2.45, 2.75) is 19.3 Å². The Balaban J connectivity index is 1.62. The molecule has 0 aliphatic heterocycles. The number of hydrogen-bond acceptors (Lipinski definition) is 4. The number of methoxy groups -OCH3 is 2. The van der Waals surface area contributed by atoms with Crippen LogP contribution < -0.4 is 20.3 Å². The molecule has 0 radical (unpaired) electrons. The van der Waals surface area contributed by atoms with Gasteiger partial charge in [0.15, 0.2) is 11.5 Å². The van der Waals surface area contributed by atoms with E-state index >= 15 is 0 Å². The van der Waals surface area contributed by atoms with Gasteiger partial charge in [-0.05, 0) is 36.6 Å². The molecular weight excluding hydrogens is 375 g/mol. The smallest absolute Gasteiger partial charge is 0.251 e. The van der Waals surface area contributed by atoms with Gasteiger partial charge in [-0.1, -0.05) is 18.2 Å². The van der Waals surface area contributed by atoms with E-state index in [1.54, 1.807) is 43.5 Å². The minimum absolute atomic E-state index is 0.166. The maximum absolute atomic E-state index is 13.6. The van der Waals surface area contributed by atoms with Crippen molar-refractivity contribution in [3.63, 3.8) is 0 Å². The highest BCUT2D eigenvalue weighted by Crippen LogP contribution is 2.31. The van der Waals surface area contributed by atoms with Gasteiger partial charge in [-0.25, -0.2) is 4.39 Å². The topological polar surface area (TPSA) is 80.4 Å². The van der Waals surface area contributed by atoms with Crippen LogP contribution in [0.2, 0.25) is 0 Å². The average Bonchev–Trinajstić information content (AvgIpc) is 2.72. The molecule has 6 nitrogen and oxygen atoms in total. The van der Waals surface area contributed by atoms with Gasteiger partial charge in [-0.15, -0.1) is 0 Å². The van der Waals surface area contributed by atoms with Crippen LogP contribution in [-0.4, -0.2) is 31.7 Å². The number of rotatable bonds is 8. The van der Waals surface area contributed by atoms with E-state index in [0.29, 0.717) is 47.5 Å². The molecule has 1 heterocycles. The van der Waals surface area contributed by atoms with E-state index in [9.17, 15) is 14.0 Å². The van der Waals surface area contributed by atoms with Crippen LogP contribution in [-0.2, 0) is 17.6 Å². The summed E-state index contributed by atoms with van der Waals surface area (Å²) < 4.78 is 24.1. The Morgan fingerprint density at radius 3 is 2.48 bits per heavy atom. The fourth-order valence-electron chi connectivity index (χ4n) is 3.14. The third kappa shape index (κ3) is 4.93. The Labute approximate surface area is 167 Å². The standard InChI is InChI=1S/C22H23FN2O4/c1-28-19-12-16-11-15(22(27)25-18(16)13-20(19)29-2)7-8-21(26)24-10-9-14-5-3-4-6-17(14)23/h3-6,11-13H,7-10H2,1-2H3,(H,24,26)(H,25,27). The van der Waals surface area contributed by atoms with Gasteiger partial charge in [0.05, 0.1) is 19.7 Å². The third-order valence-corrected chi connectivity index (χ3v) is 4.72. The number of fused-ring (bicyclic) bond motifs is 1. The zero-order valence-corrected chi connectivity index (χ0v) is 16.4. The van der Waals surface area contributed by atoms with E-state index in [-0.39, 0.29) is 23.7 Å². The Kier molecular flexibility index (Phi) is 6.49. The Morgan fingerprint density at radius 2 is 1.76 bits per heavy atom. The first-order chi connectivity index (χ1) is 14.0. The number of aromatic amines is 1. The summed E-state index contributed by atoms with van der Waals surface area (Å²) in [7, 11) is 3.07. The van der Waals surface area contributed by atoms with E-state index in [4.69, 9.17) is 9.47 Å². The van der Waals surface area contributed by atoms with Crippen LogP contribution in [0.5, 0.6) is 11.5 Å². The fraction of sp³-hybridized carbons (Fsp3) is 0.273. The number of amides is 1. The van der Waals surface area contributed by atoms with Crippen LogP contribution in [0.25, 0.3) is 10.9 Å². The molecule has 0 saturated heterocycles. The summed E-state index contributed by atoms with van der Waals surface area (Å²) in [5.74, 6) is 0.617. The molecule has 0 aliphatic rings. The van der Waals surface area contributed by atoms with Gasteiger partial charge >= 0.3 is 0 Å². The minimum Gasteiger partial charge on any atom is -0.493 e. The zero-order chi connectivity index (χ0) is 20.8. The molecule has 0 fully saturated rings. The van der Waals surface area contributed by atoms with E-state index < -0.39 is 0 Å². The minimum atomic E-state index is -0.281. The third-order valence-electron chi connectivity index (χ3n) is 4.72. The van der Waals surface area contributed by atoms with Crippen molar-refractivity contribution in [1.82, 2.24) is 10.3 Å². The van der Waals surface area contributed by atoms with Crippen molar-refractivity contribution in [2.75, 3.05) is 20.8 Å². The molecule has 0 bridgehead atoms. The van der Waals surface area contributed by atoms with Gasteiger partial charge < -0.3 is 19.8 Å². The number of carbonyl (C=O) groups excluding carboxylic acids is 1. The molecule has 3 aromatic rings. The number of ether oxygens (including phenoxy) is 2. The summed E-state index contributed by atoms with van der Waals surface area (Å²) in [5, 5.41) is 3.55. The summed E-state index contributed by atoms with van der Waals surface area (Å²) in [5.41, 5.74) is 1.45. The first-order valence-corrected chi connectivity index (χ1v) is 9.30. The van der Waals surface area contributed by atoms with Crippen molar-refractivity contribution in [2.24, 2.45) is 0 Å². The van der Waals surface area contributed by atoms with Gasteiger partial charge in [0.1, 0.15) is 5.82 Å². The van der Waals surface area contributed by atoms with Crippen LogP contribution in [0, 0.1) is 5.82 Å². The number of pyridine rings is 1. The van der Waals surface area contributed by atoms with Gasteiger partial charge in [0, 0.05) is 30.0 Å². The van der Waals surface area contributed by atoms with Crippen molar-refractivity contribution in [1.29, 1.82) is 0 Å². The number of H-pyrrole nitrogens is 1. The van der Waals surface area contributed by atoms with Gasteiger partial charge in [-0.3, -0.25) is 9.59 Å². The number of halogens is 1. The van der Waals surface area contributed by atoms with Gasteiger partial charge in [-0.2, -0.15) is 0 Å². The average molecular weight is 398 g/mol. The monoisotopic (exact) mass is 398 g/mol. The highest BCUT2D eigenvalue weighted by molar-refractivity contribution is 5.83. The molecule has 0 unspecified atom stereocenters. The molecule has 0 saturated carbocycles. The molecule has 152 valence electrons. The maximum atomic E-state index is 13.6. The summed E-state index contributed by atoms with van der Waals surface area (Å²) >= 11 is 0. The normalized spacial score (nSPS) is 10.7. The molecule has 2 aromatic carbocycles. The summed E-state index contributed by atoms with van der Waals surface area (Å²) in [6.07, 6.45) is 0.876. The van der Waals surface area contributed by atoms with Crippen LogP contribution in [0.1, 0.15) is 17.5 Å². The molecule has 0 spiro atoms. The van der Waals surface area contributed by atoms with Crippen LogP contribution in [0.15, 0.2) is 47.3 Å². The number of aryl methyl sites for hydroxylation is 1. The predicted molar refractivity (Wildman–Crippen MR) is 109 cm³/mol. The summed E-state index contributed by atoms with van der Waals surface area (Å²) in [6.45, 7) is 0.338. The van der Waals surface area contributed by atoms with Crippen LogP contribution >= 0.6 is 0 Å². The molecule has 7 heteroatoms. The van der Waals surface area contributed by atoms with Gasteiger partial charge in [0.2, 0.25) is 5.91 Å². The van der Waals surface area contributed by atoms with E-state index in [1.807, 2.05) is 0 Å². The van der Waals surface area contributed by atoms with Crippen molar-refractivity contribution in [3.8, 4) is 11.5 Å². The lowest BCUT2D eigenvalue weighted by Gasteiger charge is -2.10. The number of benzene rings is 2. The van der Waals surface area contributed by atoms with E-state index in [0.717, 1.165) is 5.39 Å². The molecule has 2 N–H and O–H groups in total. The SMILES string of the molecule is COc1cc2cc(CCC(=O)NCCc3ccccc3F)c(=O)[nH]c2cc1OC. The lowest BCUT2D eigenvalue weighted by atomic mass is 10.1. The predicted octanol–water partition coefficient (Wildman–Crippen LogP) is 2.98. The van der Waals surface area contributed by atoms with E-state index in [1.165, 1.54) is 13.2 Å². The highest BCUT2D eigenvalue weighted by Gasteiger charge is 2.11. The molecule has 0 aliphatic carbocycles. The molecule has 1 aromatic heterocycles. The summed E-state index contributed by atoms with van der Waals surface area (Å²) in [4.78, 5) is 27.2. The van der Waals surface area contributed by atoms with Crippen molar-refractivity contribution in [3.05, 3.63) is 69.8 Å². The van der Waals surface area contributed by atoms with Crippen molar-refractivity contribution >= 4 is 16.8 Å². The van der Waals surface area contributed by atoms with Crippen LogP contribution in [0.3, 0.4) is 0 Å². The first kappa shape index (κ1) is 20.4. The second-order valence-corrected chi connectivity index (χ2v) is 6.61. The Hall–Kier alpha value is -3.35. The molecule has 3 rings (SSSR count). The Morgan fingerprint density at radius 1 is 1.03 bits per heavy atom. The van der Waals surface area contributed by atoms with Crippen molar-refractivity contribution < 1.29 is 18.7 Å². The number of aromatic nitrogens is 1. The fourth-order valence-corrected chi connectivity index (χ4v) is 3.14. The first-order valence-electron chi connectivity index (χ1n) is 9.30. The second kappa shape index (κ2) is 9.23. The quantitative estimate of drug-likeness (QED) is 0.611. The Bertz CT molecular complexity index is 1080. The van der Waals surface area contributed by atoms with Gasteiger partial charge in [0.25, 0.3) is 5.56 Å². The maximum Gasteiger partial charge on any atom is 0.251 e. The molecule has 0 atom stereocenters. The highest BCUT2D eigenvalue weighted by atomic mass is 19.1. The summed E-state index contributed by atoms with van der Waals surface area (Å²) in [6, 6.07) is 11.7. The number of nitrogens with one attached hydrogen (secondary N) is 2. The molecule has 1 amide bonds. The van der Waals surface area contributed by atoms with E-state index in [2.05, 4.69) is 10.3 Å². The lowest BCUT2D eigenvalue weighted by molar-refractivity contribution is -0.121. The second-order valence-electron chi connectivity index (χ2n) is 6.61. The zero-order valence-electron chi connectivity index (χ0n) is 16.4. The largest absolute Gasteiger partial charge is 0.493 e. The molecule has 29 heavy (non-hydrogen) atoms.